The van der Waals surface area contributed by atoms with Gasteiger partial charge in [0.05, 0.1) is 6.42 Å². The predicted octanol–water partition coefficient (Wildman–Crippen LogP) is 2.52. The molecule has 0 saturated carbocycles. The summed E-state index contributed by atoms with van der Waals surface area (Å²) in [6.45, 7) is 1.94. The number of amides is 1. The quantitative estimate of drug-likeness (QED) is 0.776. The molecule has 1 aromatic carbocycles. The molecular formula is C16H21NO3. The van der Waals surface area contributed by atoms with Crippen LogP contribution in [-0.4, -0.2) is 29.9 Å². The summed E-state index contributed by atoms with van der Waals surface area (Å²) in [7, 11) is 0. The van der Waals surface area contributed by atoms with Gasteiger partial charge in [0.2, 0.25) is 5.91 Å². The number of likely N-dealkylation sites (tertiary alicyclic amines) is 1. The molecule has 108 valence electrons. The zero-order valence-corrected chi connectivity index (χ0v) is 11.7. The van der Waals surface area contributed by atoms with Crippen molar-refractivity contribution in [1.29, 1.82) is 0 Å². The second-order valence-corrected chi connectivity index (χ2v) is 5.09. The van der Waals surface area contributed by atoms with E-state index in [4.69, 9.17) is 4.74 Å². The van der Waals surface area contributed by atoms with Gasteiger partial charge in [-0.3, -0.25) is 9.59 Å². The summed E-state index contributed by atoms with van der Waals surface area (Å²) < 4.78 is 5.16. The van der Waals surface area contributed by atoms with Crippen molar-refractivity contribution in [3.05, 3.63) is 35.9 Å². The van der Waals surface area contributed by atoms with E-state index in [-0.39, 0.29) is 31.3 Å². The Hall–Kier alpha value is -1.84. The van der Waals surface area contributed by atoms with Gasteiger partial charge in [-0.05, 0) is 24.8 Å². The third kappa shape index (κ3) is 4.68. The van der Waals surface area contributed by atoms with Crippen LogP contribution in [0.4, 0.5) is 0 Å². The Kier molecular flexibility index (Phi) is 5.59. The first-order chi connectivity index (χ1) is 9.75. The van der Waals surface area contributed by atoms with Gasteiger partial charge in [0, 0.05) is 19.5 Å². The van der Waals surface area contributed by atoms with E-state index in [9.17, 15) is 9.59 Å². The highest BCUT2D eigenvalue weighted by atomic mass is 16.5. The van der Waals surface area contributed by atoms with Crippen molar-refractivity contribution in [1.82, 2.24) is 4.90 Å². The van der Waals surface area contributed by atoms with E-state index in [1.54, 1.807) is 0 Å². The van der Waals surface area contributed by atoms with E-state index in [1.807, 2.05) is 35.2 Å². The average Bonchev–Trinajstić information content (AvgIpc) is 2.52. The van der Waals surface area contributed by atoms with Crippen LogP contribution in [-0.2, 0) is 20.9 Å². The van der Waals surface area contributed by atoms with E-state index in [1.165, 1.54) is 6.42 Å². The van der Waals surface area contributed by atoms with Crippen LogP contribution in [0.3, 0.4) is 0 Å². The van der Waals surface area contributed by atoms with Crippen molar-refractivity contribution in [3.63, 3.8) is 0 Å². The van der Waals surface area contributed by atoms with Crippen molar-refractivity contribution in [2.75, 3.05) is 13.1 Å². The standard InChI is InChI=1S/C16H21NO3/c18-15(17-11-5-2-6-12-17)9-10-16(19)20-13-14-7-3-1-4-8-14/h1,3-4,7-8H,2,5-6,9-13H2. The van der Waals surface area contributed by atoms with Crippen LogP contribution in [0.25, 0.3) is 0 Å². The van der Waals surface area contributed by atoms with Gasteiger partial charge >= 0.3 is 5.97 Å². The first-order valence-electron chi connectivity index (χ1n) is 7.23. The summed E-state index contributed by atoms with van der Waals surface area (Å²) in [6.07, 6.45) is 3.77. The van der Waals surface area contributed by atoms with Gasteiger partial charge in [0.25, 0.3) is 0 Å². The number of piperidine rings is 1. The Balaban J connectivity index is 1.65. The Bertz CT molecular complexity index is 438. The van der Waals surface area contributed by atoms with Crippen molar-refractivity contribution < 1.29 is 14.3 Å². The highest BCUT2D eigenvalue weighted by molar-refractivity contribution is 5.81. The molecule has 0 unspecified atom stereocenters. The molecule has 2 rings (SSSR count). The number of nitrogens with zero attached hydrogens (tertiary/aromatic N) is 1. The summed E-state index contributed by atoms with van der Waals surface area (Å²) >= 11 is 0. The maximum absolute atomic E-state index is 11.9. The number of carbonyl (C=O) groups excluding carboxylic acids is 2. The number of hydrogen-bond acceptors (Lipinski definition) is 3. The number of benzene rings is 1. The summed E-state index contributed by atoms with van der Waals surface area (Å²) in [5.74, 6) is -0.236. The second-order valence-electron chi connectivity index (χ2n) is 5.09. The lowest BCUT2D eigenvalue weighted by Gasteiger charge is -2.26. The molecule has 0 spiro atoms. The maximum atomic E-state index is 11.9. The molecule has 1 amide bonds. The van der Waals surface area contributed by atoms with E-state index in [0.717, 1.165) is 31.5 Å². The van der Waals surface area contributed by atoms with E-state index >= 15 is 0 Å². The number of rotatable bonds is 5. The Morgan fingerprint density at radius 1 is 1.00 bits per heavy atom. The van der Waals surface area contributed by atoms with E-state index < -0.39 is 0 Å². The molecule has 20 heavy (non-hydrogen) atoms. The highest BCUT2D eigenvalue weighted by Crippen LogP contribution is 2.11. The van der Waals surface area contributed by atoms with Crippen LogP contribution < -0.4 is 0 Å². The third-order valence-electron chi connectivity index (χ3n) is 3.49. The van der Waals surface area contributed by atoms with Crippen LogP contribution in [0.1, 0.15) is 37.7 Å². The lowest BCUT2D eigenvalue weighted by atomic mass is 10.1. The van der Waals surface area contributed by atoms with Crippen LogP contribution in [0.5, 0.6) is 0 Å². The third-order valence-corrected chi connectivity index (χ3v) is 3.49. The fraction of sp³-hybridized carbons (Fsp3) is 0.500. The molecule has 1 aliphatic rings. The van der Waals surface area contributed by atoms with Crippen molar-refractivity contribution in [2.24, 2.45) is 0 Å². The second kappa shape index (κ2) is 7.68. The van der Waals surface area contributed by atoms with E-state index in [2.05, 4.69) is 0 Å². The van der Waals surface area contributed by atoms with Gasteiger partial charge in [0.1, 0.15) is 6.61 Å². The normalized spacial score (nSPS) is 14.9. The van der Waals surface area contributed by atoms with Crippen molar-refractivity contribution >= 4 is 11.9 Å². The Labute approximate surface area is 119 Å². The van der Waals surface area contributed by atoms with Crippen molar-refractivity contribution in [3.8, 4) is 0 Å². The van der Waals surface area contributed by atoms with Gasteiger partial charge in [-0.1, -0.05) is 30.3 Å². The molecular weight excluding hydrogens is 254 g/mol. The molecule has 1 aromatic rings. The van der Waals surface area contributed by atoms with Crippen LogP contribution >= 0.6 is 0 Å². The lowest BCUT2D eigenvalue weighted by molar-refractivity contribution is -0.147. The number of ether oxygens (including phenoxy) is 1. The molecule has 4 nitrogen and oxygen atoms in total. The molecule has 1 heterocycles. The van der Waals surface area contributed by atoms with Gasteiger partial charge in [-0.15, -0.1) is 0 Å². The number of esters is 1. The number of carbonyl (C=O) groups is 2. The molecule has 0 bridgehead atoms. The fourth-order valence-corrected chi connectivity index (χ4v) is 2.32. The van der Waals surface area contributed by atoms with Crippen LogP contribution in [0.15, 0.2) is 30.3 Å². The highest BCUT2D eigenvalue weighted by Gasteiger charge is 2.17. The molecule has 1 saturated heterocycles. The van der Waals surface area contributed by atoms with Gasteiger partial charge in [-0.25, -0.2) is 0 Å². The monoisotopic (exact) mass is 275 g/mol. The largest absolute Gasteiger partial charge is 0.461 e. The molecule has 0 aromatic heterocycles. The summed E-state index contributed by atoms with van der Waals surface area (Å²) in [5.41, 5.74) is 0.961. The fourth-order valence-electron chi connectivity index (χ4n) is 2.32. The number of hydrogen-bond donors (Lipinski definition) is 0. The minimum Gasteiger partial charge on any atom is -0.461 e. The molecule has 4 heteroatoms. The molecule has 0 radical (unpaired) electrons. The Morgan fingerprint density at radius 3 is 2.40 bits per heavy atom. The Morgan fingerprint density at radius 2 is 1.70 bits per heavy atom. The zero-order chi connectivity index (χ0) is 14.2. The molecule has 0 aliphatic carbocycles. The van der Waals surface area contributed by atoms with Crippen LogP contribution in [0, 0.1) is 0 Å². The summed E-state index contributed by atoms with van der Waals surface area (Å²) in [6, 6.07) is 9.55. The maximum Gasteiger partial charge on any atom is 0.306 e. The minimum absolute atomic E-state index is 0.0707. The lowest BCUT2D eigenvalue weighted by Crippen LogP contribution is -2.35. The molecule has 1 fully saturated rings. The zero-order valence-electron chi connectivity index (χ0n) is 11.7. The minimum atomic E-state index is -0.306. The predicted molar refractivity (Wildman–Crippen MR) is 75.9 cm³/mol. The smallest absolute Gasteiger partial charge is 0.306 e. The summed E-state index contributed by atoms with van der Waals surface area (Å²) in [5, 5.41) is 0. The summed E-state index contributed by atoms with van der Waals surface area (Å²) in [4.78, 5) is 25.4. The van der Waals surface area contributed by atoms with Gasteiger partial charge in [0.15, 0.2) is 0 Å². The van der Waals surface area contributed by atoms with Crippen LogP contribution in [0.2, 0.25) is 0 Å². The SMILES string of the molecule is O=C(CCC(=O)N1CCCCC1)OCc1ccccc1. The average molecular weight is 275 g/mol. The van der Waals surface area contributed by atoms with E-state index in [0.29, 0.717) is 0 Å². The first-order valence-corrected chi connectivity index (χ1v) is 7.23. The topological polar surface area (TPSA) is 46.6 Å². The van der Waals surface area contributed by atoms with Gasteiger partial charge < -0.3 is 9.64 Å². The van der Waals surface area contributed by atoms with Gasteiger partial charge in [-0.2, -0.15) is 0 Å². The first kappa shape index (κ1) is 14.6. The molecule has 0 N–H and O–H groups in total. The van der Waals surface area contributed by atoms with Crippen molar-refractivity contribution in [2.45, 2.75) is 38.7 Å². The molecule has 1 aliphatic heterocycles. The molecule has 0 atom stereocenters.